The lowest BCUT2D eigenvalue weighted by Gasteiger charge is -2.45. The Hall–Kier alpha value is -1.44. The van der Waals surface area contributed by atoms with Gasteiger partial charge in [-0.15, -0.1) is 0 Å². The SMILES string of the molecule is CC1(C)COC2(CCC(NCC3CCCC(CNc4ccnc5cc(Cl)ccc45)C3)CC2)OO1. The van der Waals surface area contributed by atoms with Gasteiger partial charge in [0, 0.05) is 47.7 Å². The molecular formula is C27H38ClN3O3. The molecule has 1 aliphatic heterocycles. The Bertz CT molecular complexity index is 965. The molecule has 2 saturated carbocycles. The Morgan fingerprint density at radius 2 is 1.82 bits per heavy atom. The topological polar surface area (TPSA) is 64.6 Å². The van der Waals surface area contributed by atoms with Crippen molar-refractivity contribution in [1.29, 1.82) is 0 Å². The minimum atomic E-state index is -0.530. The van der Waals surface area contributed by atoms with Crippen molar-refractivity contribution >= 4 is 28.2 Å². The van der Waals surface area contributed by atoms with Crippen LogP contribution in [0.25, 0.3) is 10.9 Å². The van der Waals surface area contributed by atoms with Crippen molar-refractivity contribution in [3.8, 4) is 0 Å². The average molecular weight is 488 g/mol. The lowest BCUT2D eigenvalue weighted by Crippen LogP contribution is -2.52. The molecule has 3 fully saturated rings. The van der Waals surface area contributed by atoms with Gasteiger partial charge in [0.15, 0.2) is 0 Å². The third-order valence-electron chi connectivity index (χ3n) is 7.72. The Kier molecular flexibility index (Phi) is 7.33. The molecule has 186 valence electrons. The van der Waals surface area contributed by atoms with E-state index in [1.807, 2.05) is 32.2 Å². The molecule has 7 heteroatoms. The highest BCUT2D eigenvalue weighted by Crippen LogP contribution is 2.38. The van der Waals surface area contributed by atoms with Crippen LogP contribution in [0.4, 0.5) is 5.69 Å². The molecule has 1 saturated heterocycles. The number of halogens is 1. The van der Waals surface area contributed by atoms with Crippen LogP contribution in [-0.2, 0) is 14.5 Å². The monoisotopic (exact) mass is 487 g/mol. The van der Waals surface area contributed by atoms with Gasteiger partial charge in [0.1, 0.15) is 5.60 Å². The molecule has 1 aromatic heterocycles. The maximum Gasteiger partial charge on any atom is 0.201 e. The number of nitrogens with zero attached hydrogens (tertiary/aromatic N) is 1. The summed E-state index contributed by atoms with van der Waals surface area (Å²) in [7, 11) is 0. The van der Waals surface area contributed by atoms with Crippen molar-refractivity contribution in [1.82, 2.24) is 10.3 Å². The minimum absolute atomic E-state index is 0.356. The zero-order chi connectivity index (χ0) is 23.6. The summed E-state index contributed by atoms with van der Waals surface area (Å²) in [6.45, 7) is 6.70. The van der Waals surface area contributed by atoms with Gasteiger partial charge in [0.05, 0.1) is 12.1 Å². The summed E-state index contributed by atoms with van der Waals surface area (Å²) in [5.74, 6) is 0.920. The van der Waals surface area contributed by atoms with E-state index in [-0.39, 0.29) is 5.60 Å². The van der Waals surface area contributed by atoms with E-state index < -0.39 is 5.79 Å². The highest BCUT2D eigenvalue weighted by atomic mass is 35.5. The zero-order valence-electron chi connectivity index (χ0n) is 20.4. The molecule has 3 aliphatic rings. The quantitative estimate of drug-likeness (QED) is 0.480. The first-order valence-corrected chi connectivity index (χ1v) is 13.3. The van der Waals surface area contributed by atoms with Crippen LogP contribution in [0.3, 0.4) is 0 Å². The summed E-state index contributed by atoms with van der Waals surface area (Å²) in [6, 6.07) is 8.54. The maximum absolute atomic E-state index is 6.14. The fourth-order valence-electron chi connectivity index (χ4n) is 5.67. The third kappa shape index (κ3) is 5.85. The first kappa shape index (κ1) is 24.3. The molecular weight excluding hydrogens is 450 g/mol. The van der Waals surface area contributed by atoms with E-state index in [2.05, 4.69) is 27.8 Å². The fraction of sp³-hybridized carbons (Fsp3) is 0.667. The summed E-state index contributed by atoms with van der Waals surface area (Å²) in [5.41, 5.74) is 1.74. The summed E-state index contributed by atoms with van der Waals surface area (Å²) < 4.78 is 6.08. The van der Waals surface area contributed by atoms with Crippen LogP contribution in [0.2, 0.25) is 5.02 Å². The molecule has 34 heavy (non-hydrogen) atoms. The standard InChI is InChI=1S/C27H38ClN3O3/c1-26(2)18-32-27(34-33-26)11-8-22(9-12-27)30-16-19-4-3-5-20(14-19)17-31-24-10-13-29-25-15-21(28)6-7-23(24)25/h6-7,10,13,15,19-20,22,30H,3-5,8-9,11-12,14,16-18H2,1-2H3,(H,29,31). The van der Waals surface area contributed by atoms with Crippen molar-refractivity contribution in [2.45, 2.75) is 82.6 Å². The number of benzene rings is 1. The van der Waals surface area contributed by atoms with E-state index >= 15 is 0 Å². The van der Waals surface area contributed by atoms with Crippen LogP contribution in [-0.4, -0.2) is 42.1 Å². The molecule has 1 spiro atoms. The average Bonchev–Trinajstić information content (AvgIpc) is 2.84. The van der Waals surface area contributed by atoms with Crippen molar-refractivity contribution in [2.75, 3.05) is 25.0 Å². The van der Waals surface area contributed by atoms with Crippen LogP contribution in [0.5, 0.6) is 0 Å². The van der Waals surface area contributed by atoms with Crippen molar-refractivity contribution in [2.24, 2.45) is 11.8 Å². The van der Waals surface area contributed by atoms with Gasteiger partial charge in [0.25, 0.3) is 0 Å². The van der Waals surface area contributed by atoms with Gasteiger partial charge in [-0.3, -0.25) is 4.98 Å². The minimum Gasteiger partial charge on any atom is -0.384 e. The Morgan fingerprint density at radius 1 is 1.03 bits per heavy atom. The van der Waals surface area contributed by atoms with Crippen molar-refractivity contribution in [3.63, 3.8) is 0 Å². The number of nitrogens with one attached hydrogen (secondary N) is 2. The van der Waals surface area contributed by atoms with Crippen LogP contribution < -0.4 is 10.6 Å². The van der Waals surface area contributed by atoms with Crippen LogP contribution in [0.1, 0.15) is 65.2 Å². The Morgan fingerprint density at radius 3 is 2.59 bits per heavy atom. The molecule has 2 aromatic rings. The van der Waals surface area contributed by atoms with E-state index in [1.54, 1.807) is 0 Å². The molecule has 2 N–H and O–H groups in total. The van der Waals surface area contributed by atoms with Crippen LogP contribution in [0.15, 0.2) is 30.5 Å². The molecule has 2 aliphatic carbocycles. The first-order valence-electron chi connectivity index (χ1n) is 12.9. The Balaban J connectivity index is 1.06. The number of hydrogen-bond acceptors (Lipinski definition) is 6. The first-order chi connectivity index (χ1) is 16.4. The van der Waals surface area contributed by atoms with E-state index in [4.69, 9.17) is 26.1 Å². The Labute approximate surface area is 208 Å². The highest BCUT2D eigenvalue weighted by Gasteiger charge is 2.45. The second-order valence-electron chi connectivity index (χ2n) is 11.1. The smallest absolute Gasteiger partial charge is 0.201 e. The van der Waals surface area contributed by atoms with Crippen LogP contribution in [0, 0.1) is 11.8 Å². The zero-order valence-corrected chi connectivity index (χ0v) is 21.2. The van der Waals surface area contributed by atoms with Gasteiger partial charge >= 0.3 is 0 Å². The number of aromatic nitrogens is 1. The van der Waals surface area contributed by atoms with Gasteiger partial charge in [-0.1, -0.05) is 18.0 Å². The second kappa shape index (κ2) is 10.3. The van der Waals surface area contributed by atoms with Crippen molar-refractivity contribution in [3.05, 3.63) is 35.5 Å². The summed E-state index contributed by atoms with van der Waals surface area (Å²) >= 11 is 6.14. The molecule has 2 unspecified atom stereocenters. The predicted octanol–water partition coefficient (Wildman–Crippen LogP) is 6.09. The number of anilines is 1. The normalized spacial score (nSPS) is 31.6. The van der Waals surface area contributed by atoms with Gasteiger partial charge < -0.3 is 15.4 Å². The molecule has 2 atom stereocenters. The molecule has 0 amide bonds. The summed E-state index contributed by atoms with van der Waals surface area (Å²) in [4.78, 5) is 15.7. The summed E-state index contributed by atoms with van der Waals surface area (Å²) in [5, 5.41) is 9.42. The molecule has 1 aromatic carbocycles. The lowest BCUT2D eigenvalue weighted by molar-refractivity contribution is -0.511. The van der Waals surface area contributed by atoms with Gasteiger partial charge in [-0.05, 0) is 88.6 Å². The van der Waals surface area contributed by atoms with E-state index in [0.717, 1.165) is 66.3 Å². The number of ether oxygens (including phenoxy) is 1. The van der Waals surface area contributed by atoms with E-state index in [0.29, 0.717) is 18.6 Å². The van der Waals surface area contributed by atoms with Crippen molar-refractivity contribution < 1.29 is 14.5 Å². The number of rotatable bonds is 6. The number of fused-ring (bicyclic) bond motifs is 1. The van der Waals surface area contributed by atoms with Gasteiger partial charge in [0.2, 0.25) is 5.79 Å². The van der Waals surface area contributed by atoms with E-state index in [1.165, 1.54) is 25.7 Å². The maximum atomic E-state index is 6.14. The molecule has 2 heterocycles. The number of pyridine rings is 1. The van der Waals surface area contributed by atoms with E-state index in [9.17, 15) is 0 Å². The van der Waals surface area contributed by atoms with Crippen LogP contribution >= 0.6 is 11.6 Å². The highest BCUT2D eigenvalue weighted by molar-refractivity contribution is 6.31. The second-order valence-corrected chi connectivity index (χ2v) is 11.5. The molecule has 6 nitrogen and oxygen atoms in total. The van der Waals surface area contributed by atoms with Gasteiger partial charge in [-0.25, -0.2) is 9.78 Å². The summed E-state index contributed by atoms with van der Waals surface area (Å²) in [6.07, 6.45) is 11.0. The fourth-order valence-corrected chi connectivity index (χ4v) is 5.83. The largest absolute Gasteiger partial charge is 0.384 e. The third-order valence-corrected chi connectivity index (χ3v) is 7.96. The molecule has 0 bridgehead atoms. The predicted molar refractivity (Wildman–Crippen MR) is 136 cm³/mol. The molecule has 0 radical (unpaired) electrons. The van der Waals surface area contributed by atoms with Gasteiger partial charge in [-0.2, -0.15) is 0 Å². The lowest BCUT2D eigenvalue weighted by atomic mass is 9.81. The number of hydrogen-bond donors (Lipinski definition) is 2. The molecule has 5 rings (SSSR count).